The van der Waals surface area contributed by atoms with Gasteiger partial charge in [0, 0.05) is 12.6 Å². The Bertz CT molecular complexity index is 336. The second-order valence-electron chi connectivity index (χ2n) is 3.40. The average Bonchev–Trinajstić information content (AvgIpc) is 2.77. The molecule has 1 aliphatic rings. The van der Waals surface area contributed by atoms with Crippen LogP contribution in [0, 0.1) is 0 Å². The molecule has 0 spiro atoms. The topological polar surface area (TPSA) is 62.9 Å². The molecular weight excluding hydrogens is 198 g/mol. The number of carbonyl (C=O) groups excluding carboxylic acids is 1. The van der Waals surface area contributed by atoms with Gasteiger partial charge in [-0.2, -0.15) is 0 Å². The molecule has 1 aromatic rings. The molecule has 2 heterocycles. The van der Waals surface area contributed by atoms with Crippen LogP contribution >= 0.6 is 0 Å². The van der Waals surface area contributed by atoms with Crippen molar-refractivity contribution in [1.29, 1.82) is 0 Å². The van der Waals surface area contributed by atoms with Crippen molar-refractivity contribution >= 4 is 12.2 Å². The summed E-state index contributed by atoms with van der Waals surface area (Å²) in [5, 5.41) is 9.15. The molecule has 5 nitrogen and oxygen atoms in total. The molecule has 1 atom stereocenters. The minimum atomic E-state index is -0.0931. The first-order valence-corrected chi connectivity index (χ1v) is 4.85. The number of aliphatic hydroxyl groups excluding tert-OH is 1. The van der Waals surface area contributed by atoms with Gasteiger partial charge >= 0.3 is 0 Å². The molecule has 0 amide bonds. The Kier molecular flexibility index (Phi) is 3.03. The third kappa shape index (κ3) is 2.03. The zero-order chi connectivity index (χ0) is 10.7. The van der Waals surface area contributed by atoms with Gasteiger partial charge in [-0.05, 0) is 6.07 Å². The van der Waals surface area contributed by atoms with Crippen molar-refractivity contribution in [2.45, 2.75) is 6.04 Å². The summed E-state index contributed by atoms with van der Waals surface area (Å²) in [4.78, 5) is 12.4. The number of aliphatic hydroxyl groups is 1. The number of hydrogen-bond donors (Lipinski definition) is 1. The van der Waals surface area contributed by atoms with E-state index in [9.17, 15) is 4.79 Å². The third-order valence-corrected chi connectivity index (χ3v) is 2.45. The lowest BCUT2D eigenvalue weighted by Gasteiger charge is -2.34. The fourth-order valence-electron chi connectivity index (χ4n) is 1.66. The molecule has 0 bridgehead atoms. The Hall–Kier alpha value is -1.33. The average molecular weight is 211 g/mol. The molecule has 0 aromatic carbocycles. The first kappa shape index (κ1) is 10.2. The van der Waals surface area contributed by atoms with Gasteiger partial charge in [0.05, 0.1) is 25.9 Å². The van der Waals surface area contributed by atoms with Crippen LogP contribution in [0.25, 0.3) is 0 Å². The summed E-state index contributed by atoms with van der Waals surface area (Å²) in [7, 11) is 0. The molecule has 0 radical (unpaired) electrons. The van der Waals surface area contributed by atoms with E-state index in [-0.39, 0.29) is 12.6 Å². The lowest BCUT2D eigenvalue weighted by atomic mass is 10.2. The largest absolute Gasteiger partial charge is 0.438 e. The van der Waals surface area contributed by atoms with Crippen molar-refractivity contribution in [2.24, 2.45) is 0 Å². The molecule has 82 valence electrons. The zero-order valence-electron chi connectivity index (χ0n) is 8.26. The van der Waals surface area contributed by atoms with Gasteiger partial charge in [-0.25, -0.2) is 0 Å². The molecule has 2 rings (SSSR count). The van der Waals surface area contributed by atoms with Crippen molar-refractivity contribution in [2.75, 3.05) is 31.3 Å². The minimum absolute atomic E-state index is 0.0110. The number of carbonyl (C=O) groups is 1. The molecule has 1 aliphatic heterocycles. The maximum Gasteiger partial charge on any atom is 0.196 e. The first-order valence-electron chi connectivity index (χ1n) is 4.85. The Morgan fingerprint density at radius 1 is 1.60 bits per heavy atom. The summed E-state index contributed by atoms with van der Waals surface area (Å²) < 4.78 is 10.5. The van der Waals surface area contributed by atoms with Gasteiger partial charge in [0.2, 0.25) is 0 Å². The summed E-state index contributed by atoms with van der Waals surface area (Å²) in [6.45, 7) is 1.76. The van der Waals surface area contributed by atoms with E-state index in [1.54, 1.807) is 12.1 Å². The maximum absolute atomic E-state index is 10.5. The third-order valence-electron chi connectivity index (χ3n) is 2.45. The van der Waals surface area contributed by atoms with Gasteiger partial charge in [0.25, 0.3) is 0 Å². The molecule has 0 saturated carbocycles. The Labute approximate surface area is 87.2 Å². The van der Waals surface area contributed by atoms with Crippen LogP contribution in [-0.2, 0) is 4.74 Å². The zero-order valence-corrected chi connectivity index (χ0v) is 8.26. The standard InChI is InChI=1S/C10H13NO4/c12-5-8-7-14-4-3-11(8)10-2-1-9(6-13)15-10/h1-2,6,8,12H,3-5,7H2. The molecule has 15 heavy (non-hydrogen) atoms. The fraction of sp³-hybridized carbons (Fsp3) is 0.500. The molecular formula is C10H13NO4. The Morgan fingerprint density at radius 3 is 3.13 bits per heavy atom. The molecule has 1 unspecified atom stereocenters. The summed E-state index contributed by atoms with van der Waals surface area (Å²) in [5.41, 5.74) is 0. The van der Waals surface area contributed by atoms with E-state index in [0.29, 0.717) is 37.7 Å². The summed E-state index contributed by atoms with van der Waals surface area (Å²) >= 11 is 0. The van der Waals surface area contributed by atoms with E-state index in [1.165, 1.54) is 0 Å². The Balaban J connectivity index is 2.16. The summed E-state index contributed by atoms with van der Waals surface area (Å²) in [5.74, 6) is 0.910. The predicted molar refractivity (Wildman–Crippen MR) is 53.1 cm³/mol. The normalized spacial score (nSPS) is 21.7. The summed E-state index contributed by atoms with van der Waals surface area (Å²) in [6, 6.07) is 3.26. The molecule has 1 N–H and O–H groups in total. The SMILES string of the molecule is O=Cc1ccc(N2CCOCC2CO)o1. The van der Waals surface area contributed by atoms with Crippen LogP contribution in [0.4, 0.5) is 5.88 Å². The van der Waals surface area contributed by atoms with Crippen LogP contribution in [0.1, 0.15) is 10.6 Å². The molecule has 0 aliphatic carbocycles. The number of anilines is 1. The lowest BCUT2D eigenvalue weighted by Crippen LogP contribution is -2.47. The van der Waals surface area contributed by atoms with Crippen molar-refractivity contribution in [3.8, 4) is 0 Å². The number of furan rings is 1. The number of morpholine rings is 1. The quantitative estimate of drug-likeness (QED) is 0.728. The number of aldehydes is 1. The van der Waals surface area contributed by atoms with E-state index in [4.69, 9.17) is 14.3 Å². The van der Waals surface area contributed by atoms with Crippen LogP contribution in [0.5, 0.6) is 0 Å². The highest BCUT2D eigenvalue weighted by molar-refractivity contribution is 5.71. The van der Waals surface area contributed by atoms with Crippen LogP contribution < -0.4 is 4.90 Å². The van der Waals surface area contributed by atoms with Crippen molar-refractivity contribution in [3.05, 3.63) is 17.9 Å². The number of hydrogen-bond acceptors (Lipinski definition) is 5. The highest BCUT2D eigenvalue weighted by Gasteiger charge is 2.24. The van der Waals surface area contributed by atoms with Crippen LogP contribution in [0.3, 0.4) is 0 Å². The summed E-state index contributed by atoms with van der Waals surface area (Å²) in [6.07, 6.45) is 0.665. The van der Waals surface area contributed by atoms with Gasteiger partial charge in [0.1, 0.15) is 0 Å². The molecule has 5 heteroatoms. The molecule has 1 saturated heterocycles. The van der Waals surface area contributed by atoms with Crippen LogP contribution in [0.2, 0.25) is 0 Å². The second-order valence-corrected chi connectivity index (χ2v) is 3.40. The van der Waals surface area contributed by atoms with Gasteiger partial charge in [-0.1, -0.05) is 0 Å². The number of ether oxygens (including phenoxy) is 1. The monoisotopic (exact) mass is 211 g/mol. The predicted octanol–water partition coefficient (Wildman–Crippen LogP) is 0.290. The molecule has 1 aromatic heterocycles. The van der Waals surface area contributed by atoms with Crippen LogP contribution in [-0.4, -0.2) is 43.8 Å². The van der Waals surface area contributed by atoms with Gasteiger partial charge in [-0.3, -0.25) is 4.79 Å². The van der Waals surface area contributed by atoms with Gasteiger partial charge < -0.3 is 19.2 Å². The highest BCUT2D eigenvalue weighted by Crippen LogP contribution is 2.21. The van der Waals surface area contributed by atoms with Crippen molar-refractivity contribution < 1.29 is 19.1 Å². The second kappa shape index (κ2) is 4.46. The van der Waals surface area contributed by atoms with E-state index in [1.807, 2.05) is 4.90 Å². The van der Waals surface area contributed by atoms with Crippen molar-refractivity contribution in [1.82, 2.24) is 0 Å². The smallest absolute Gasteiger partial charge is 0.196 e. The molecule has 1 fully saturated rings. The Morgan fingerprint density at radius 2 is 2.47 bits per heavy atom. The first-order chi connectivity index (χ1) is 7.35. The highest BCUT2D eigenvalue weighted by atomic mass is 16.5. The fourth-order valence-corrected chi connectivity index (χ4v) is 1.66. The van der Waals surface area contributed by atoms with E-state index < -0.39 is 0 Å². The van der Waals surface area contributed by atoms with Gasteiger partial charge in [0.15, 0.2) is 17.9 Å². The number of nitrogens with zero attached hydrogens (tertiary/aromatic N) is 1. The lowest BCUT2D eigenvalue weighted by molar-refractivity contribution is 0.0703. The maximum atomic E-state index is 10.5. The van der Waals surface area contributed by atoms with E-state index in [0.717, 1.165) is 0 Å². The number of rotatable bonds is 3. The van der Waals surface area contributed by atoms with Crippen molar-refractivity contribution in [3.63, 3.8) is 0 Å². The minimum Gasteiger partial charge on any atom is -0.438 e. The van der Waals surface area contributed by atoms with E-state index in [2.05, 4.69) is 0 Å². The van der Waals surface area contributed by atoms with E-state index >= 15 is 0 Å². The van der Waals surface area contributed by atoms with Crippen LogP contribution in [0.15, 0.2) is 16.5 Å². The van der Waals surface area contributed by atoms with Gasteiger partial charge in [-0.15, -0.1) is 0 Å².